The zero-order valence-electron chi connectivity index (χ0n) is 17.0. The van der Waals surface area contributed by atoms with Gasteiger partial charge < -0.3 is 13.9 Å². The number of rotatable bonds is 8. The SMILES string of the molecule is CCOC(=O)c1ccoc1COC(=O)c1ccccc1S(=O)(=O)N(C)c1ccccc1. The van der Waals surface area contributed by atoms with Crippen molar-refractivity contribution in [1.29, 1.82) is 0 Å². The zero-order chi connectivity index (χ0) is 22.4. The molecule has 8 nitrogen and oxygen atoms in total. The number of benzene rings is 2. The van der Waals surface area contributed by atoms with Crippen LogP contribution in [0.5, 0.6) is 0 Å². The first kappa shape index (κ1) is 22.1. The number of furan rings is 1. The van der Waals surface area contributed by atoms with Gasteiger partial charge in [-0.15, -0.1) is 0 Å². The summed E-state index contributed by atoms with van der Waals surface area (Å²) in [4.78, 5) is 24.4. The highest BCUT2D eigenvalue weighted by atomic mass is 32.2. The van der Waals surface area contributed by atoms with E-state index < -0.39 is 22.0 Å². The summed E-state index contributed by atoms with van der Waals surface area (Å²) in [5, 5.41) is 0. The maximum Gasteiger partial charge on any atom is 0.341 e. The van der Waals surface area contributed by atoms with E-state index in [0.717, 1.165) is 4.31 Å². The van der Waals surface area contributed by atoms with Crippen LogP contribution in [0, 0.1) is 0 Å². The Kier molecular flexibility index (Phi) is 6.76. The number of para-hydroxylation sites is 1. The second kappa shape index (κ2) is 9.48. The largest absolute Gasteiger partial charge is 0.465 e. The van der Waals surface area contributed by atoms with Crippen LogP contribution in [0.15, 0.2) is 76.2 Å². The van der Waals surface area contributed by atoms with Gasteiger partial charge in [-0.25, -0.2) is 18.0 Å². The van der Waals surface area contributed by atoms with E-state index in [4.69, 9.17) is 13.9 Å². The number of sulfonamides is 1. The third-order valence-corrected chi connectivity index (χ3v) is 6.28. The van der Waals surface area contributed by atoms with Gasteiger partial charge in [-0.2, -0.15) is 0 Å². The predicted molar refractivity (Wildman–Crippen MR) is 112 cm³/mol. The van der Waals surface area contributed by atoms with Crippen molar-refractivity contribution in [3.63, 3.8) is 0 Å². The van der Waals surface area contributed by atoms with Crippen molar-refractivity contribution in [2.24, 2.45) is 0 Å². The number of carbonyl (C=O) groups excluding carboxylic acids is 2. The van der Waals surface area contributed by atoms with Gasteiger partial charge >= 0.3 is 11.9 Å². The molecule has 0 aliphatic carbocycles. The van der Waals surface area contributed by atoms with Crippen LogP contribution in [-0.4, -0.2) is 34.0 Å². The second-order valence-corrected chi connectivity index (χ2v) is 8.30. The van der Waals surface area contributed by atoms with E-state index >= 15 is 0 Å². The van der Waals surface area contributed by atoms with Crippen LogP contribution in [0.2, 0.25) is 0 Å². The van der Waals surface area contributed by atoms with Gasteiger partial charge in [0.15, 0.2) is 12.4 Å². The third-order valence-electron chi connectivity index (χ3n) is 4.44. The molecule has 3 rings (SSSR count). The smallest absolute Gasteiger partial charge is 0.341 e. The number of esters is 2. The molecule has 0 fully saturated rings. The Labute approximate surface area is 180 Å². The predicted octanol–water partition coefficient (Wildman–Crippen LogP) is 3.64. The van der Waals surface area contributed by atoms with Gasteiger partial charge in [0.25, 0.3) is 10.0 Å². The van der Waals surface area contributed by atoms with Crippen molar-refractivity contribution in [3.05, 3.63) is 83.8 Å². The molecular weight excluding hydrogens is 422 g/mol. The molecule has 0 spiro atoms. The lowest BCUT2D eigenvalue weighted by Crippen LogP contribution is -2.28. The Bertz CT molecular complexity index is 1170. The Morgan fingerprint density at radius 2 is 1.55 bits per heavy atom. The fourth-order valence-corrected chi connectivity index (χ4v) is 4.21. The topological polar surface area (TPSA) is 103 Å². The molecule has 0 saturated carbocycles. The van der Waals surface area contributed by atoms with E-state index in [-0.39, 0.29) is 35.0 Å². The number of hydrogen-bond acceptors (Lipinski definition) is 7. The fraction of sp³-hybridized carbons (Fsp3) is 0.182. The van der Waals surface area contributed by atoms with Crippen LogP contribution in [0.25, 0.3) is 0 Å². The monoisotopic (exact) mass is 443 g/mol. The number of hydrogen-bond donors (Lipinski definition) is 0. The van der Waals surface area contributed by atoms with Crippen LogP contribution >= 0.6 is 0 Å². The Balaban J connectivity index is 1.83. The van der Waals surface area contributed by atoms with E-state index in [2.05, 4.69) is 0 Å². The highest BCUT2D eigenvalue weighted by Gasteiger charge is 2.28. The highest BCUT2D eigenvalue weighted by Crippen LogP contribution is 2.25. The van der Waals surface area contributed by atoms with E-state index in [1.807, 2.05) is 0 Å². The Morgan fingerprint density at radius 1 is 0.903 bits per heavy atom. The molecule has 9 heteroatoms. The molecule has 0 amide bonds. The van der Waals surface area contributed by atoms with Crippen molar-refractivity contribution in [2.75, 3.05) is 18.0 Å². The van der Waals surface area contributed by atoms with Crippen LogP contribution in [0.4, 0.5) is 5.69 Å². The van der Waals surface area contributed by atoms with Gasteiger partial charge in [0.2, 0.25) is 0 Å². The molecule has 0 saturated heterocycles. The lowest BCUT2D eigenvalue weighted by atomic mass is 10.2. The van der Waals surface area contributed by atoms with Crippen LogP contribution < -0.4 is 4.31 Å². The summed E-state index contributed by atoms with van der Waals surface area (Å²) in [6.45, 7) is 1.49. The number of anilines is 1. The molecule has 31 heavy (non-hydrogen) atoms. The van der Waals surface area contributed by atoms with Gasteiger partial charge in [-0.1, -0.05) is 30.3 Å². The summed E-state index contributed by atoms with van der Waals surface area (Å²) in [5.74, 6) is -1.37. The van der Waals surface area contributed by atoms with Gasteiger partial charge in [0.05, 0.1) is 24.1 Å². The molecule has 0 radical (unpaired) electrons. The summed E-state index contributed by atoms with van der Waals surface area (Å²) >= 11 is 0. The van der Waals surface area contributed by atoms with E-state index in [1.54, 1.807) is 37.3 Å². The average molecular weight is 443 g/mol. The van der Waals surface area contributed by atoms with Crippen LogP contribution in [0.3, 0.4) is 0 Å². The molecule has 0 bridgehead atoms. The first-order valence-corrected chi connectivity index (χ1v) is 10.8. The third kappa shape index (κ3) is 4.77. The first-order chi connectivity index (χ1) is 14.9. The summed E-state index contributed by atoms with van der Waals surface area (Å²) in [5.41, 5.74) is 0.453. The molecular formula is C22H21NO7S. The standard InChI is InChI=1S/C22H21NO7S/c1-3-28-21(24)17-13-14-29-19(17)15-30-22(25)18-11-7-8-12-20(18)31(26,27)23(2)16-9-5-4-6-10-16/h4-14H,3,15H2,1-2H3. The molecule has 0 N–H and O–H groups in total. The fourth-order valence-electron chi connectivity index (χ4n) is 2.84. The quantitative estimate of drug-likeness (QED) is 0.490. The van der Waals surface area contributed by atoms with Gasteiger partial charge in [0, 0.05) is 7.05 Å². The second-order valence-electron chi connectivity index (χ2n) is 6.36. The number of nitrogens with zero attached hydrogens (tertiary/aromatic N) is 1. The Hall–Kier alpha value is -3.59. The summed E-state index contributed by atoms with van der Waals surface area (Å²) < 4.78 is 42.8. The van der Waals surface area contributed by atoms with Gasteiger partial charge in [-0.05, 0) is 37.3 Å². The summed E-state index contributed by atoms with van der Waals surface area (Å²) in [7, 11) is -2.63. The van der Waals surface area contributed by atoms with Crippen molar-refractivity contribution in [2.45, 2.75) is 18.4 Å². The van der Waals surface area contributed by atoms with Crippen molar-refractivity contribution in [3.8, 4) is 0 Å². The van der Waals surface area contributed by atoms with Gasteiger partial charge in [0.1, 0.15) is 10.5 Å². The first-order valence-electron chi connectivity index (χ1n) is 9.40. The molecule has 0 aliphatic rings. The Morgan fingerprint density at radius 3 is 2.26 bits per heavy atom. The molecule has 0 aliphatic heterocycles. The molecule has 3 aromatic rings. The van der Waals surface area contributed by atoms with E-state index in [9.17, 15) is 18.0 Å². The average Bonchev–Trinajstić information content (AvgIpc) is 3.26. The van der Waals surface area contributed by atoms with E-state index in [0.29, 0.717) is 5.69 Å². The number of ether oxygens (including phenoxy) is 2. The molecule has 1 aromatic heterocycles. The van der Waals surface area contributed by atoms with Crippen molar-refractivity contribution >= 4 is 27.6 Å². The zero-order valence-corrected chi connectivity index (χ0v) is 17.8. The maximum absolute atomic E-state index is 13.1. The molecule has 2 aromatic carbocycles. The molecule has 0 atom stereocenters. The minimum Gasteiger partial charge on any atom is -0.465 e. The normalized spacial score (nSPS) is 11.0. The highest BCUT2D eigenvalue weighted by molar-refractivity contribution is 7.92. The molecule has 0 unspecified atom stereocenters. The summed E-state index contributed by atoms with van der Waals surface area (Å²) in [6, 6.07) is 15.7. The number of carbonyl (C=O) groups is 2. The molecule has 1 heterocycles. The van der Waals surface area contributed by atoms with Crippen LogP contribution in [-0.2, 0) is 26.1 Å². The van der Waals surface area contributed by atoms with Crippen LogP contribution in [0.1, 0.15) is 33.4 Å². The minimum atomic E-state index is -4.03. The van der Waals surface area contributed by atoms with Crippen molar-refractivity contribution < 1.29 is 31.9 Å². The lowest BCUT2D eigenvalue weighted by molar-refractivity contribution is 0.0419. The minimum absolute atomic E-state index is 0.105. The van der Waals surface area contributed by atoms with Crippen molar-refractivity contribution in [1.82, 2.24) is 0 Å². The lowest BCUT2D eigenvalue weighted by Gasteiger charge is -2.20. The maximum atomic E-state index is 13.1. The summed E-state index contributed by atoms with van der Waals surface area (Å²) in [6.07, 6.45) is 1.28. The molecule has 162 valence electrons. The van der Waals surface area contributed by atoms with Gasteiger partial charge in [-0.3, -0.25) is 4.31 Å². The van der Waals surface area contributed by atoms with E-state index in [1.165, 1.54) is 43.6 Å².